The Hall–Kier alpha value is -3.53. The summed E-state index contributed by atoms with van der Waals surface area (Å²) < 4.78 is 26.6. The van der Waals surface area contributed by atoms with Crippen LogP contribution in [0.3, 0.4) is 0 Å². The highest BCUT2D eigenvalue weighted by Gasteiger charge is 2.32. The van der Waals surface area contributed by atoms with Crippen molar-refractivity contribution in [1.29, 1.82) is 0 Å². The summed E-state index contributed by atoms with van der Waals surface area (Å²) in [4.78, 5) is 22.2. The monoisotopic (exact) mass is 466 g/mol. The molecule has 3 aromatic rings. The van der Waals surface area contributed by atoms with E-state index in [1.165, 1.54) is 7.11 Å². The molecule has 34 heavy (non-hydrogen) atoms. The number of hydrogen-bond donors (Lipinski definition) is 1. The van der Waals surface area contributed by atoms with E-state index in [-0.39, 0.29) is 12.1 Å². The molecule has 0 spiro atoms. The fourth-order valence-corrected chi connectivity index (χ4v) is 4.72. The number of aromatic nitrogens is 4. The number of nitrogens with zero attached hydrogens (tertiary/aromatic N) is 5. The third-order valence-electron chi connectivity index (χ3n) is 6.50. The number of nitrogens with one attached hydrogen (secondary N) is 1. The van der Waals surface area contributed by atoms with E-state index >= 15 is 0 Å². The third kappa shape index (κ3) is 4.21. The zero-order chi connectivity index (χ0) is 23.7. The van der Waals surface area contributed by atoms with Gasteiger partial charge in [-0.3, -0.25) is 9.58 Å². The van der Waals surface area contributed by atoms with Gasteiger partial charge in [-0.05, 0) is 57.8 Å². The highest BCUT2D eigenvalue weighted by Crippen LogP contribution is 2.44. The number of piperidine rings is 1. The zero-order valence-corrected chi connectivity index (χ0v) is 19.2. The molecule has 5 rings (SSSR count). The van der Waals surface area contributed by atoms with Crippen molar-refractivity contribution < 1.29 is 18.7 Å². The molecule has 0 bridgehead atoms. The lowest BCUT2D eigenvalue weighted by Crippen LogP contribution is -2.42. The van der Waals surface area contributed by atoms with Gasteiger partial charge in [0.1, 0.15) is 5.75 Å². The van der Waals surface area contributed by atoms with Crippen LogP contribution in [0.5, 0.6) is 11.8 Å². The fraction of sp³-hybridized carbons (Fsp3) is 0.417. The molecular formula is C24H27FN6O3. The molecule has 10 heteroatoms. The van der Waals surface area contributed by atoms with Crippen LogP contribution in [-0.2, 0) is 11.2 Å². The minimum absolute atomic E-state index is 0.0246. The van der Waals surface area contributed by atoms with E-state index in [2.05, 4.69) is 20.4 Å². The predicted octanol–water partition coefficient (Wildman–Crippen LogP) is 4.10. The van der Waals surface area contributed by atoms with E-state index < -0.39 is 11.9 Å². The number of carbonyl (C=O) groups is 1. The average molecular weight is 467 g/mol. The molecular weight excluding hydrogens is 439 g/mol. The number of anilines is 1. The van der Waals surface area contributed by atoms with Gasteiger partial charge in [0.25, 0.3) is 0 Å². The van der Waals surface area contributed by atoms with Crippen LogP contribution in [0.2, 0.25) is 0 Å². The molecule has 1 amide bonds. The molecule has 1 fully saturated rings. The summed E-state index contributed by atoms with van der Waals surface area (Å²) in [5.41, 5.74) is 3.27. The maximum Gasteiger partial charge on any atom is 0.414 e. The van der Waals surface area contributed by atoms with E-state index in [4.69, 9.17) is 9.47 Å². The van der Waals surface area contributed by atoms with Gasteiger partial charge in [0.2, 0.25) is 0 Å². The third-order valence-corrected chi connectivity index (χ3v) is 6.50. The van der Waals surface area contributed by atoms with Crippen molar-refractivity contribution in [1.82, 2.24) is 25.1 Å². The van der Waals surface area contributed by atoms with Crippen molar-refractivity contribution >= 4 is 11.8 Å². The quantitative estimate of drug-likeness (QED) is 0.619. The topological polar surface area (TPSA) is 94.4 Å². The van der Waals surface area contributed by atoms with Gasteiger partial charge >= 0.3 is 12.1 Å². The number of halogens is 1. The van der Waals surface area contributed by atoms with Crippen molar-refractivity contribution in [3.63, 3.8) is 0 Å². The SMILES string of the molecule is COC(=O)N1c2ccc(-c3cnn(C4CCNCC4)c3)c(Oc3ncc(F)cn3)c2CC[C@@H]1C. The van der Waals surface area contributed by atoms with E-state index in [0.29, 0.717) is 18.2 Å². The lowest BCUT2D eigenvalue weighted by Gasteiger charge is -2.35. The molecule has 1 atom stereocenters. The number of ether oxygens (including phenoxy) is 2. The smallest absolute Gasteiger partial charge is 0.414 e. The molecule has 1 N–H and O–H groups in total. The Morgan fingerprint density at radius 3 is 2.65 bits per heavy atom. The first kappa shape index (κ1) is 22.3. The second kappa shape index (κ2) is 9.38. The number of benzene rings is 1. The van der Waals surface area contributed by atoms with Crippen LogP contribution in [0.15, 0.2) is 36.9 Å². The van der Waals surface area contributed by atoms with Crippen LogP contribution in [-0.4, -0.2) is 52.1 Å². The number of fused-ring (bicyclic) bond motifs is 1. The summed E-state index contributed by atoms with van der Waals surface area (Å²) >= 11 is 0. The molecule has 0 aliphatic carbocycles. The van der Waals surface area contributed by atoms with Gasteiger partial charge in [-0.1, -0.05) is 0 Å². The Kier molecular flexibility index (Phi) is 6.14. The van der Waals surface area contributed by atoms with E-state index in [1.807, 2.05) is 36.1 Å². The highest BCUT2D eigenvalue weighted by atomic mass is 19.1. The Morgan fingerprint density at radius 1 is 1.15 bits per heavy atom. The van der Waals surface area contributed by atoms with Gasteiger partial charge < -0.3 is 14.8 Å². The second-order valence-electron chi connectivity index (χ2n) is 8.64. The summed E-state index contributed by atoms with van der Waals surface area (Å²) in [6.45, 7) is 3.92. The number of carbonyl (C=O) groups excluding carboxylic acids is 1. The van der Waals surface area contributed by atoms with Crippen LogP contribution in [0, 0.1) is 5.82 Å². The van der Waals surface area contributed by atoms with Gasteiger partial charge in [-0.15, -0.1) is 0 Å². The number of hydrogen-bond acceptors (Lipinski definition) is 7. The first-order valence-electron chi connectivity index (χ1n) is 11.5. The summed E-state index contributed by atoms with van der Waals surface area (Å²) in [6, 6.07) is 4.17. The van der Waals surface area contributed by atoms with Gasteiger partial charge in [0.15, 0.2) is 5.82 Å². The summed E-state index contributed by atoms with van der Waals surface area (Å²) in [5, 5.41) is 8.00. The number of rotatable bonds is 4. The number of amides is 1. The summed E-state index contributed by atoms with van der Waals surface area (Å²) in [5.74, 6) is -0.00799. The van der Waals surface area contributed by atoms with Gasteiger partial charge in [0, 0.05) is 28.9 Å². The molecule has 1 aromatic carbocycles. The first-order chi connectivity index (χ1) is 16.5. The summed E-state index contributed by atoms with van der Waals surface area (Å²) in [7, 11) is 1.37. The Morgan fingerprint density at radius 2 is 1.91 bits per heavy atom. The zero-order valence-electron chi connectivity index (χ0n) is 19.2. The minimum atomic E-state index is -0.545. The van der Waals surface area contributed by atoms with Gasteiger partial charge in [-0.25, -0.2) is 19.2 Å². The molecule has 2 aliphatic rings. The Balaban J connectivity index is 1.59. The lowest BCUT2D eigenvalue weighted by molar-refractivity contribution is 0.175. The first-order valence-corrected chi connectivity index (χ1v) is 11.5. The molecule has 2 aliphatic heterocycles. The van der Waals surface area contributed by atoms with E-state index in [0.717, 1.165) is 67.1 Å². The lowest BCUT2D eigenvalue weighted by atomic mass is 9.92. The van der Waals surface area contributed by atoms with Gasteiger partial charge in [0.05, 0.1) is 37.4 Å². The highest BCUT2D eigenvalue weighted by molar-refractivity contribution is 5.92. The van der Waals surface area contributed by atoms with Crippen molar-refractivity contribution in [3.05, 3.63) is 48.3 Å². The molecule has 0 saturated carbocycles. The molecule has 1 saturated heterocycles. The average Bonchev–Trinajstić information content (AvgIpc) is 3.35. The van der Waals surface area contributed by atoms with Crippen LogP contribution in [0.25, 0.3) is 11.1 Å². The molecule has 9 nitrogen and oxygen atoms in total. The van der Waals surface area contributed by atoms with Crippen LogP contribution < -0.4 is 15.0 Å². The molecule has 0 unspecified atom stereocenters. The van der Waals surface area contributed by atoms with Gasteiger partial charge in [-0.2, -0.15) is 5.10 Å². The van der Waals surface area contributed by atoms with Crippen molar-refractivity contribution in [2.24, 2.45) is 0 Å². The maximum atomic E-state index is 13.4. The Bertz CT molecular complexity index is 1180. The van der Waals surface area contributed by atoms with E-state index in [1.54, 1.807) is 4.90 Å². The largest absolute Gasteiger partial charge is 0.452 e. The molecule has 2 aromatic heterocycles. The molecule has 178 valence electrons. The summed E-state index contributed by atoms with van der Waals surface area (Å²) in [6.07, 6.45) is 9.02. The molecule has 0 radical (unpaired) electrons. The predicted molar refractivity (Wildman–Crippen MR) is 124 cm³/mol. The minimum Gasteiger partial charge on any atom is -0.452 e. The van der Waals surface area contributed by atoms with Crippen molar-refractivity contribution in [2.75, 3.05) is 25.1 Å². The van der Waals surface area contributed by atoms with Crippen LogP contribution >= 0.6 is 0 Å². The normalized spacial score (nSPS) is 18.4. The molecule has 4 heterocycles. The fourth-order valence-electron chi connectivity index (χ4n) is 4.72. The Labute approximate surface area is 196 Å². The standard InChI is InChI=1S/C24H27FN6O3/c1-15-3-4-20-21(31(15)24(32)33-2)6-5-19(22(20)34-23-27-12-17(25)13-28-23)16-11-29-30(14-16)18-7-9-26-10-8-18/h5-6,11-15,18,26H,3-4,7-10H2,1-2H3/t15-/m0/s1. The van der Waals surface area contributed by atoms with Crippen LogP contribution in [0.1, 0.15) is 37.8 Å². The van der Waals surface area contributed by atoms with E-state index in [9.17, 15) is 9.18 Å². The van der Waals surface area contributed by atoms with Crippen LogP contribution in [0.4, 0.5) is 14.9 Å². The number of methoxy groups -OCH3 is 1. The second-order valence-corrected chi connectivity index (χ2v) is 8.64. The van der Waals surface area contributed by atoms with Crippen molar-refractivity contribution in [3.8, 4) is 22.9 Å². The van der Waals surface area contributed by atoms with Crippen molar-refractivity contribution in [2.45, 2.75) is 44.7 Å². The maximum absolute atomic E-state index is 13.4.